The summed E-state index contributed by atoms with van der Waals surface area (Å²) in [5.41, 5.74) is 0. The average molecular weight is 477 g/mol. The van der Waals surface area contributed by atoms with Crippen molar-refractivity contribution >= 4 is 34.1 Å². The van der Waals surface area contributed by atoms with E-state index in [4.69, 9.17) is 4.74 Å². The molecular formula is C21H25FN6O2S2. The maximum absolute atomic E-state index is 13.1. The molecule has 0 saturated heterocycles. The summed E-state index contributed by atoms with van der Waals surface area (Å²) in [4.78, 5) is 12.4. The summed E-state index contributed by atoms with van der Waals surface area (Å²) < 4.78 is 20.7. The van der Waals surface area contributed by atoms with Crippen molar-refractivity contribution in [3.63, 3.8) is 0 Å². The quantitative estimate of drug-likeness (QED) is 0.470. The summed E-state index contributed by atoms with van der Waals surface area (Å²) in [5.74, 6) is 1.31. The van der Waals surface area contributed by atoms with E-state index in [0.717, 1.165) is 17.8 Å². The van der Waals surface area contributed by atoms with E-state index in [9.17, 15) is 9.18 Å². The van der Waals surface area contributed by atoms with Crippen LogP contribution in [-0.2, 0) is 11.8 Å². The molecule has 4 rings (SSSR count). The number of carbonyl (C=O) groups excluding carboxylic acids is 1. The Morgan fingerprint density at radius 1 is 1.22 bits per heavy atom. The summed E-state index contributed by atoms with van der Waals surface area (Å²) in [6.07, 6.45) is 5.66. The van der Waals surface area contributed by atoms with Gasteiger partial charge in [-0.3, -0.25) is 10.1 Å². The molecule has 0 spiro atoms. The van der Waals surface area contributed by atoms with E-state index in [0.29, 0.717) is 27.8 Å². The summed E-state index contributed by atoms with van der Waals surface area (Å²) >= 11 is 2.75. The van der Waals surface area contributed by atoms with Gasteiger partial charge in [-0.1, -0.05) is 42.4 Å². The van der Waals surface area contributed by atoms with E-state index in [1.165, 1.54) is 54.5 Å². The second-order valence-electron chi connectivity index (χ2n) is 7.73. The predicted molar refractivity (Wildman–Crippen MR) is 122 cm³/mol. The van der Waals surface area contributed by atoms with Crippen LogP contribution in [0.2, 0.25) is 0 Å². The third-order valence-electron chi connectivity index (χ3n) is 5.33. The maximum atomic E-state index is 13.1. The first-order valence-electron chi connectivity index (χ1n) is 10.6. The van der Waals surface area contributed by atoms with Crippen LogP contribution in [0.15, 0.2) is 29.4 Å². The Balaban J connectivity index is 1.29. The van der Waals surface area contributed by atoms with E-state index < -0.39 is 0 Å². The van der Waals surface area contributed by atoms with Gasteiger partial charge in [0.1, 0.15) is 16.6 Å². The first kappa shape index (κ1) is 22.7. The molecule has 2 aromatic heterocycles. The van der Waals surface area contributed by atoms with Gasteiger partial charge in [0, 0.05) is 13.0 Å². The van der Waals surface area contributed by atoms with Gasteiger partial charge in [-0.05, 0) is 44.0 Å². The molecule has 1 amide bonds. The van der Waals surface area contributed by atoms with Gasteiger partial charge in [-0.15, -0.1) is 20.4 Å². The highest BCUT2D eigenvalue weighted by Crippen LogP contribution is 2.35. The minimum absolute atomic E-state index is 0.165. The van der Waals surface area contributed by atoms with Crippen LogP contribution >= 0.6 is 23.1 Å². The minimum atomic E-state index is -0.388. The third kappa shape index (κ3) is 5.63. The van der Waals surface area contributed by atoms with Crippen molar-refractivity contribution in [3.8, 4) is 5.75 Å². The molecule has 1 aliphatic rings. The summed E-state index contributed by atoms with van der Waals surface area (Å²) in [6, 6.07) is 5.81. The largest absolute Gasteiger partial charge is 0.483 e. The van der Waals surface area contributed by atoms with Crippen molar-refractivity contribution in [1.82, 2.24) is 25.0 Å². The molecule has 1 aliphatic carbocycles. The molecule has 170 valence electrons. The Kier molecular flexibility index (Phi) is 7.36. The fraction of sp³-hybridized carbons (Fsp3) is 0.476. The molecule has 32 heavy (non-hydrogen) atoms. The molecule has 1 atom stereocenters. The number of hydrogen-bond acceptors (Lipinski definition) is 8. The van der Waals surface area contributed by atoms with Gasteiger partial charge >= 0.3 is 0 Å². The van der Waals surface area contributed by atoms with E-state index in [1.54, 1.807) is 16.7 Å². The van der Waals surface area contributed by atoms with E-state index >= 15 is 0 Å². The molecule has 1 unspecified atom stereocenters. The number of rotatable bonds is 8. The molecule has 1 aromatic carbocycles. The fourth-order valence-electron chi connectivity index (χ4n) is 3.66. The van der Waals surface area contributed by atoms with Gasteiger partial charge in [0.25, 0.3) is 0 Å². The number of amides is 1. The lowest BCUT2D eigenvalue weighted by molar-refractivity contribution is -0.113. The van der Waals surface area contributed by atoms with E-state index in [1.807, 2.05) is 14.0 Å². The molecule has 3 aromatic rings. The lowest BCUT2D eigenvalue weighted by Crippen LogP contribution is -2.14. The van der Waals surface area contributed by atoms with Crippen LogP contribution in [0.25, 0.3) is 0 Å². The zero-order valence-electron chi connectivity index (χ0n) is 18.0. The topological polar surface area (TPSA) is 94.8 Å². The van der Waals surface area contributed by atoms with Crippen molar-refractivity contribution < 1.29 is 13.9 Å². The molecule has 0 radical (unpaired) electrons. The van der Waals surface area contributed by atoms with E-state index in [2.05, 4.69) is 25.7 Å². The Labute approximate surface area is 194 Å². The first-order chi connectivity index (χ1) is 15.5. The number of benzene rings is 1. The Hall–Kier alpha value is -2.53. The molecule has 1 fully saturated rings. The number of hydrogen-bond donors (Lipinski definition) is 1. The van der Waals surface area contributed by atoms with Crippen LogP contribution in [0.4, 0.5) is 9.52 Å². The highest BCUT2D eigenvalue weighted by molar-refractivity contribution is 7.99. The van der Waals surface area contributed by atoms with Crippen molar-refractivity contribution in [3.05, 3.63) is 40.9 Å². The number of carbonyl (C=O) groups is 1. The summed E-state index contributed by atoms with van der Waals surface area (Å²) in [5, 5.41) is 21.7. The second-order valence-corrected chi connectivity index (χ2v) is 9.68. The van der Waals surface area contributed by atoms with Crippen LogP contribution in [0.1, 0.15) is 61.9 Å². The monoisotopic (exact) mass is 476 g/mol. The zero-order chi connectivity index (χ0) is 22.5. The molecule has 1 saturated carbocycles. The lowest BCUT2D eigenvalue weighted by atomic mass is 9.90. The molecule has 2 heterocycles. The SMILES string of the molecule is CC(Oc1ccc(F)cc1)c1nnc(SCC(=O)Nc2nnc(C3CCCCC3)s2)n1C. The summed E-state index contributed by atoms with van der Waals surface area (Å²) in [6.45, 7) is 1.84. The van der Waals surface area contributed by atoms with Crippen LogP contribution in [0.5, 0.6) is 5.75 Å². The van der Waals surface area contributed by atoms with Crippen LogP contribution in [-0.4, -0.2) is 36.6 Å². The fourth-order valence-corrected chi connectivity index (χ4v) is 5.31. The minimum Gasteiger partial charge on any atom is -0.483 e. The smallest absolute Gasteiger partial charge is 0.236 e. The number of nitrogens with one attached hydrogen (secondary N) is 1. The number of thioether (sulfide) groups is 1. The maximum Gasteiger partial charge on any atom is 0.236 e. The number of ether oxygens (including phenoxy) is 1. The van der Waals surface area contributed by atoms with Crippen molar-refractivity contribution in [2.75, 3.05) is 11.1 Å². The van der Waals surface area contributed by atoms with Crippen LogP contribution in [0, 0.1) is 5.82 Å². The molecule has 8 nitrogen and oxygen atoms in total. The van der Waals surface area contributed by atoms with Gasteiger partial charge in [0.15, 0.2) is 17.1 Å². The number of nitrogens with zero attached hydrogens (tertiary/aromatic N) is 5. The number of aromatic nitrogens is 5. The van der Waals surface area contributed by atoms with E-state index in [-0.39, 0.29) is 23.6 Å². The highest BCUT2D eigenvalue weighted by atomic mass is 32.2. The average Bonchev–Trinajstić information content (AvgIpc) is 3.41. The van der Waals surface area contributed by atoms with Gasteiger partial charge in [0.2, 0.25) is 11.0 Å². The van der Waals surface area contributed by atoms with Gasteiger partial charge in [-0.2, -0.15) is 0 Å². The van der Waals surface area contributed by atoms with Crippen molar-refractivity contribution in [2.45, 2.75) is 56.2 Å². The molecule has 0 aliphatic heterocycles. The third-order valence-corrected chi connectivity index (χ3v) is 7.35. The number of anilines is 1. The Morgan fingerprint density at radius 2 is 1.97 bits per heavy atom. The van der Waals surface area contributed by atoms with Crippen molar-refractivity contribution in [2.24, 2.45) is 7.05 Å². The lowest BCUT2D eigenvalue weighted by Gasteiger charge is -2.18. The number of halogens is 1. The van der Waals surface area contributed by atoms with Crippen LogP contribution in [0.3, 0.4) is 0 Å². The normalized spacial score (nSPS) is 15.5. The Morgan fingerprint density at radius 3 is 2.72 bits per heavy atom. The zero-order valence-corrected chi connectivity index (χ0v) is 19.6. The highest BCUT2D eigenvalue weighted by Gasteiger charge is 2.21. The summed E-state index contributed by atoms with van der Waals surface area (Å²) in [7, 11) is 1.82. The second kappa shape index (κ2) is 10.4. The van der Waals surface area contributed by atoms with Gasteiger partial charge < -0.3 is 9.30 Å². The Bertz CT molecular complexity index is 1050. The molecule has 0 bridgehead atoms. The van der Waals surface area contributed by atoms with Crippen molar-refractivity contribution in [1.29, 1.82) is 0 Å². The molecular weight excluding hydrogens is 451 g/mol. The molecule has 1 N–H and O–H groups in total. The van der Waals surface area contributed by atoms with Gasteiger partial charge in [0.05, 0.1) is 5.75 Å². The van der Waals surface area contributed by atoms with Gasteiger partial charge in [-0.25, -0.2) is 4.39 Å². The first-order valence-corrected chi connectivity index (χ1v) is 12.4. The van der Waals surface area contributed by atoms with Crippen LogP contribution < -0.4 is 10.1 Å². The standard InChI is InChI=1S/C21H25FN6O2S2/c1-13(30-16-10-8-15(22)9-11-16)18-24-27-21(28(18)2)31-12-17(29)23-20-26-25-19(32-20)14-6-4-3-5-7-14/h8-11,13-14H,3-7,12H2,1-2H3,(H,23,26,29). The molecule has 11 heteroatoms. The predicted octanol–water partition coefficient (Wildman–Crippen LogP) is 4.72.